The first-order chi connectivity index (χ1) is 28.6. The van der Waals surface area contributed by atoms with Crippen molar-refractivity contribution in [3.63, 3.8) is 0 Å². The van der Waals surface area contributed by atoms with Crippen LogP contribution in [0.3, 0.4) is 0 Å². The van der Waals surface area contributed by atoms with E-state index in [4.69, 9.17) is 24.6 Å². The van der Waals surface area contributed by atoms with Crippen molar-refractivity contribution in [2.24, 2.45) is 5.92 Å². The van der Waals surface area contributed by atoms with Crippen molar-refractivity contribution in [3.05, 3.63) is 108 Å². The summed E-state index contributed by atoms with van der Waals surface area (Å²) in [5, 5.41) is 4.76. The standard InChI is InChI=1S/C43H50N8O6S2/c1-25(2)37(48-43(54)55-4)41(52)50-19-9-13-31(50)40-45-24-30(47-40)34-22-36-35(59-34)21-33(58-36)27-17-15-26(16-18-27)29-23-44-39(46-29)32-14-10-20-51(32)42(53)38(49(3)57-56-5)28-11-7-6-8-12-28/h6-8,11-12,15-18,21-25,31-32,35-38H,9-10,13-14,19-20H2,1-5H3,(H,44,46)(H,45,47)(H,48,54). The summed E-state index contributed by atoms with van der Waals surface area (Å²) in [6.07, 6.45) is 11.1. The molecule has 59 heavy (non-hydrogen) atoms. The Morgan fingerprint density at radius 2 is 1.37 bits per heavy atom. The number of alkyl carbamates (subject to hydrolysis) is 1. The van der Waals surface area contributed by atoms with Gasteiger partial charge in [-0.1, -0.05) is 80.6 Å². The number of rotatable bonds is 13. The van der Waals surface area contributed by atoms with E-state index in [1.54, 1.807) is 7.05 Å². The molecule has 3 N–H and O–H groups in total. The van der Waals surface area contributed by atoms with Crippen LogP contribution in [0.1, 0.15) is 86.1 Å². The van der Waals surface area contributed by atoms with E-state index in [-0.39, 0.29) is 29.8 Å². The van der Waals surface area contributed by atoms with Crippen molar-refractivity contribution in [2.45, 2.75) is 74.2 Å². The van der Waals surface area contributed by atoms with Gasteiger partial charge in [-0.2, -0.15) is 0 Å². The van der Waals surface area contributed by atoms with Gasteiger partial charge in [0, 0.05) is 40.4 Å². The van der Waals surface area contributed by atoms with Gasteiger partial charge in [0.15, 0.2) is 0 Å². The number of carbonyl (C=O) groups excluding carboxylic acids is 3. The first-order valence-corrected chi connectivity index (χ1v) is 21.8. The van der Waals surface area contributed by atoms with Crippen molar-refractivity contribution in [2.75, 3.05) is 34.4 Å². The number of nitrogens with one attached hydrogen (secondary N) is 3. The van der Waals surface area contributed by atoms with Gasteiger partial charge in [-0.15, -0.1) is 33.6 Å². The lowest BCUT2D eigenvalue weighted by atomic mass is 10.0. The summed E-state index contributed by atoms with van der Waals surface area (Å²) in [5.41, 5.74) is 4.87. The second kappa shape index (κ2) is 17.8. The Morgan fingerprint density at radius 1 is 0.797 bits per heavy atom. The molecule has 4 aliphatic rings. The number of carbonyl (C=O) groups is 3. The Kier molecular flexibility index (Phi) is 12.3. The molecule has 0 saturated carbocycles. The number of thioether (sulfide) groups is 2. The Labute approximate surface area is 352 Å². The fraction of sp³-hybridized carbons (Fsp3) is 0.419. The zero-order valence-corrected chi connectivity index (χ0v) is 35.4. The molecule has 2 aromatic carbocycles. The van der Waals surface area contributed by atoms with Crippen LogP contribution in [0.4, 0.5) is 4.79 Å². The molecule has 6 atom stereocenters. The van der Waals surface area contributed by atoms with Crippen molar-refractivity contribution in [1.82, 2.24) is 40.1 Å². The predicted octanol–water partition coefficient (Wildman–Crippen LogP) is 7.29. The summed E-state index contributed by atoms with van der Waals surface area (Å²) in [7, 11) is 4.42. The highest BCUT2D eigenvalue weighted by atomic mass is 32.2. The largest absolute Gasteiger partial charge is 0.453 e. The van der Waals surface area contributed by atoms with Gasteiger partial charge >= 0.3 is 6.09 Å². The van der Waals surface area contributed by atoms with Gasteiger partial charge in [0.2, 0.25) is 11.8 Å². The molecule has 8 rings (SSSR count). The van der Waals surface area contributed by atoms with Gasteiger partial charge < -0.3 is 29.8 Å². The monoisotopic (exact) mass is 838 g/mol. The van der Waals surface area contributed by atoms with Gasteiger partial charge in [-0.05, 0) is 48.3 Å². The fourth-order valence-electron chi connectivity index (χ4n) is 8.45. The lowest BCUT2D eigenvalue weighted by molar-refractivity contribution is -0.414. The van der Waals surface area contributed by atoms with Crippen LogP contribution in [0.5, 0.6) is 0 Å². The number of imidazole rings is 2. The first kappa shape index (κ1) is 40.9. The minimum Gasteiger partial charge on any atom is -0.453 e. The first-order valence-electron chi connectivity index (χ1n) is 20.1. The van der Waals surface area contributed by atoms with Crippen LogP contribution in [-0.4, -0.2) is 104 Å². The summed E-state index contributed by atoms with van der Waals surface area (Å²) >= 11 is 3.70. The molecule has 0 radical (unpaired) electrons. The van der Waals surface area contributed by atoms with Crippen molar-refractivity contribution < 1.29 is 29.0 Å². The lowest BCUT2D eigenvalue weighted by Gasteiger charge is -2.31. The quantitative estimate of drug-likeness (QED) is 0.0918. The number of hydroxylamine groups is 2. The normalized spacial score (nSPS) is 22.4. The summed E-state index contributed by atoms with van der Waals surface area (Å²) in [6, 6.07) is 16.4. The minimum absolute atomic E-state index is 0.0709. The molecule has 2 aromatic heterocycles. The molecular weight excluding hydrogens is 789 g/mol. The number of benzene rings is 2. The number of hydrogen-bond donors (Lipinski definition) is 3. The van der Waals surface area contributed by atoms with Gasteiger partial charge in [-0.3, -0.25) is 9.59 Å². The van der Waals surface area contributed by atoms with E-state index in [1.807, 2.05) is 89.9 Å². The molecule has 6 unspecified atom stereocenters. The number of fused-ring (bicyclic) bond motifs is 1. The van der Waals surface area contributed by atoms with Crippen LogP contribution < -0.4 is 5.32 Å². The van der Waals surface area contributed by atoms with Crippen LogP contribution >= 0.6 is 23.5 Å². The zero-order valence-electron chi connectivity index (χ0n) is 33.8. The third-order valence-electron chi connectivity index (χ3n) is 11.4. The van der Waals surface area contributed by atoms with Crippen molar-refractivity contribution in [3.8, 4) is 11.3 Å². The molecule has 6 heterocycles. The Bertz CT molecular complexity index is 2210. The summed E-state index contributed by atoms with van der Waals surface area (Å²) in [6.45, 7) is 5.07. The highest BCUT2D eigenvalue weighted by molar-refractivity contribution is 8.14. The molecule has 14 nitrogen and oxygen atoms in total. The van der Waals surface area contributed by atoms with Gasteiger partial charge in [0.1, 0.15) is 23.7 Å². The van der Waals surface area contributed by atoms with Crippen LogP contribution in [-0.2, 0) is 24.2 Å². The summed E-state index contributed by atoms with van der Waals surface area (Å²) < 4.78 is 4.78. The number of amides is 3. The minimum atomic E-state index is -0.672. The maximum Gasteiger partial charge on any atom is 0.407 e. The maximum absolute atomic E-state index is 14.1. The van der Waals surface area contributed by atoms with Crippen LogP contribution in [0.15, 0.2) is 79.1 Å². The number of likely N-dealkylation sites (tertiary alicyclic amines) is 2. The number of likely N-dealkylation sites (N-methyl/N-ethyl adjacent to an activating group) is 1. The molecule has 3 amide bonds. The Balaban J connectivity index is 0.894. The number of aromatic nitrogens is 4. The molecule has 4 aromatic rings. The Morgan fingerprint density at radius 3 is 2.00 bits per heavy atom. The third kappa shape index (κ3) is 8.46. The number of nitrogens with zero attached hydrogens (tertiary/aromatic N) is 5. The van der Waals surface area contributed by atoms with E-state index in [2.05, 4.69) is 51.7 Å². The smallest absolute Gasteiger partial charge is 0.407 e. The highest BCUT2D eigenvalue weighted by Crippen LogP contribution is 2.53. The third-order valence-corrected chi connectivity index (χ3v) is 14.2. The molecule has 16 heteroatoms. The molecule has 0 aliphatic carbocycles. The molecule has 2 saturated heterocycles. The van der Waals surface area contributed by atoms with Gasteiger partial charge in [-0.25, -0.2) is 19.7 Å². The van der Waals surface area contributed by atoms with Crippen LogP contribution in [0.25, 0.3) is 21.1 Å². The average molecular weight is 839 g/mol. The van der Waals surface area contributed by atoms with E-state index in [9.17, 15) is 14.4 Å². The lowest BCUT2D eigenvalue weighted by Crippen LogP contribution is -2.51. The Hall–Kier alpha value is -4.87. The maximum atomic E-state index is 14.1. The highest BCUT2D eigenvalue weighted by Gasteiger charge is 2.40. The number of methoxy groups -OCH3 is 1. The molecule has 4 aliphatic heterocycles. The van der Waals surface area contributed by atoms with E-state index < -0.39 is 18.2 Å². The van der Waals surface area contributed by atoms with Crippen LogP contribution in [0.2, 0.25) is 0 Å². The average Bonchev–Trinajstić information content (AvgIpc) is 4.09. The zero-order chi connectivity index (χ0) is 41.2. The number of ether oxygens (including phenoxy) is 1. The molecule has 2 fully saturated rings. The SMILES string of the molecule is COON(C)C(C(=O)N1CCCC1c1ncc(-c2ccc(C3=CC4SC(c5cnc(C6CCCN6C(=O)C(NC(=O)OC)C(C)C)[nH]5)=CC4S3)cc2)[nH]1)c1ccccc1. The molecular formula is C43H50N8O6S2. The molecule has 0 spiro atoms. The van der Waals surface area contributed by atoms with Crippen molar-refractivity contribution >= 4 is 51.2 Å². The second-order valence-electron chi connectivity index (χ2n) is 15.5. The van der Waals surface area contributed by atoms with E-state index in [0.717, 1.165) is 64.8 Å². The van der Waals surface area contributed by atoms with E-state index >= 15 is 0 Å². The van der Waals surface area contributed by atoms with Crippen LogP contribution in [0, 0.1) is 5.92 Å². The van der Waals surface area contributed by atoms with Crippen molar-refractivity contribution in [1.29, 1.82) is 0 Å². The predicted molar refractivity (Wildman–Crippen MR) is 228 cm³/mol. The topological polar surface area (TPSA) is 158 Å². The van der Waals surface area contributed by atoms with E-state index in [0.29, 0.717) is 23.6 Å². The summed E-state index contributed by atoms with van der Waals surface area (Å²) in [5.74, 6) is 1.25. The van der Waals surface area contributed by atoms with Gasteiger partial charge in [0.25, 0.3) is 0 Å². The molecule has 310 valence electrons. The van der Waals surface area contributed by atoms with E-state index in [1.165, 1.54) is 29.8 Å². The summed E-state index contributed by atoms with van der Waals surface area (Å²) in [4.78, 5) is 72.6. The second-order valence-corrected chi connectivity index (χ2v) is 17.9. The number of H-pyrrole nitrogens is 2. The molecule has 0 bridgehead atoms. The van der Waals surface area contributed by atoms with Gasteiger partial charge in [0.05, 0.1) is 50.1 Å². The number of aromatic amines is 2. The number of hydrogen-bond acceptors (Lipinski definition) is 11. The fourth-order valence-corrected chi connectivity index (χ4v) is 11.3.